The number of nitrogens with one attached hydrogen (secondary N) is 1. The van der Waals surface area contributed by atoms with Gasteiger partial charge in [-0.3, -0.25) is 4.79 Å². The van der Waals surface area contributed by atoms with Crippen LogP contribution in [0.2, 0.25) is 0 Å². The van der Waals surface area contributed by atoms with Gasteiger partial charge in [-0.2, -0.15) is 0 Å². The largest absolute Gasteiger partial charge is 0.343 e. The molecule has 0 bridgehead atoms. The number of amides is 1. The van der Waals surface area contributed by atoms with Gasteiger partial charge in [-0.1, -0.05) is 11.8 Å². The molecule has 2 aromatic rings. The van der Waals surface area contributed by atoms with Crippen LogP contribution in [0.1, 0.15) is 38.8 Å². The fraction of sp³-hybridized carbons (Fsp3) is 0.250. The van der Waals surface area contributed by atoms with Crippen LogP contribution in [-0.4, -0.2) is 17.4 Å². The molecule has 1 unspecified atom stereocenters. The fourth-order valence-corrected chi connectivity index (χ4v) is 2.74. The van der Waals surface area contributed by atoms with Crippen LogP contribution in [0.25, 0.3) is 0 Å². The summed E-state index contributed by atoms with van der Waals surface area (Å²) >= 11 is 1.67. The Bertz CT molecular complexity index is 697. The van der Waals surface area contributed by atoms with Crippen molar-refractivity contribution < 1.29 is 4.79 Å². The molecule has 2 aromatic heterocycles. The highest BCUT2D eigenvalue weighted by Gasteiger charge is 2.16. The summed E-state index contributed by atoms with van der Waals surface area (Å²) in [6, 6.07) is 7.53. The number of nitrogens with two attached hydrogens (primary N) is 1. The Hall–Kier alpha value is -2.16. The van der Waals surface area contributed by atoms with E-state index in [9.17, 15) is 4.79 Å². The zero-order valence-corrected chi connectivity index (χ0v) is 12.8. The van der Waals surface area contributed by atoms with Gasteiger partial charge in [0.2, 0.25) is 0 Å². The number of hydrogen-bond donors (Lipinski definition) is 2. The van der Waals surface area contributed by atoms with E-state index in [1.54, 1.807) is 29.7 Å². The Labute approximate surface area is 128 Å². The first-order valence-corrected chi connectivity index (χ1v) is 7.44. The highest BCUT2D eigenvalue weighted by Crippen LogP contribution is 2.22. The van der Waals surface area contributed by atoms with Crippen LogP contribution in [0.5, 0.6) is 0 Å². The summed E-state index contributed by atoms with van der Waals surface area (Å²) in [7, 11) is 0. The van der Waals surface area contributed by atoms with E-state index >= 15 is 0 Å². The SMILES string of the molecule is Cc1ccc(C(C)NC(=O)c2ncccc2C#CCN)s1. The van der Waals surface area contributed by atoms with Crippen molar-refractivity contribution in [1.82, 2.24) is 10.3 Å². The van der Waals surface area contributed by atoms with Gasteiger partial charge in [0, 0.05) is 16.0 Å². The van der Waals surface area contributed by atoms with Crippen molar-refractivity contribution in [3.8, 4) is 11.8 Å². The predicted octanol–water partition coefficient (Wildman–Crippen LogP) is 2.25. The van der Waals surface area contributed by atoms with Crippen LogP contribution in [-0.2, 0) is 0 Å². The van der Waals surface area contributed by atoms with Gasteiger partial charge in [-0.25, -0.2) is 4.98 Å². The molecular formula is C16H17N3OS. The average molecular weight is 299 g/mol. The molecule has 21 heavy (non-hydrogen) atoms. The predicted molar refractivity (Wildman–Crippen MR) is 85.1 cm³/mol. The number of pyridine rings is 1. The zero-order valence-electron chi connectivity index (χ0n) is 12.0. The van der Waals surface area contributed by atoms with Crippen molar-refractivity contribution in [3.05, 3.63) is 51.5 Å². The second-order valence-corrected chi connectivity index (χ2v) is 5.87. The molecule has 0 saturated heterocycles. The van der Waals surface area contributed by atoms with Gasteiger partial charge in [0.25, 0.3) is 5.91 Å². The van der Waals surface area contributed by atoms with Crippen molar-refractivity contribution in [3.63, 3.8) is 0 Å². The smallest absolute Gasteiger partial charge is 0.271 e. The third kappa shape index (κ3) is 3.91. The molecule has 0 radical (unpaired) electrons. The molecule has 0 aromatic carbocycles. The number of thiophene rings is 1. The molecule has 0 saturated carbocycles. The fourth-order valence-electron chi connectivity index (χ4n) is 1.86. The van der Waals surface area contributed by atoms with Gasteiger partial charge in [0.1, 0.15) is 5.69 Å². The minimum Gasteiger partial charge on any atom is -0.343 e. The molecule has 0 aliphatic heterocycles. The quantitative estimate of drug-likeness (QED) is 0.854. The highest BCUT2D eigenvalue weighted by molar-refractivity contribution is 7.12. The van der Waals surface area contributed by atoms with Gasteiger partial charge in [-0.05, 0) is 38.1 Å². The van der Waals surface area contributed by atoms with Crippen molar-refractivity contribution >= 4 is 17.2 Å². The van der Waals surface area contributed by atoms with Gasteiger partial charge >= 0.3 is 0 Å². The van der Waals surface area contributed by atoms with Gasteiger partial charge < -0.3 is 11.1 Å². The second-order valence-electron chi connectivity index (χ2n) is 4.55. The molecule has 3 N–H and O–H groups in total. The molecule has 2 heterocycles. The van der Waals surface area contributed by atoms with E-state index in [1.807, 2.05) is 26.0 Å². The van der Waals surface area contributed by atoms with Crippen LogP contribution in [0, 0.1) is 18.8 Å². The summed E-state index contributed by atoms with van der Waals surface area (Å²) in [4.78, 5) is 18.8. The lowest BCUT2D eigenvalue weighted by Gasteiger charge is -2.12. The molecular weight excluding hydrogens is 282 g/mol. The van der Waals surface area contributed by atoms with E-state index in [0.717, 1.165) is 4.88 Å². The standard InChI is InChI=1S/C16H17N3OS/c1-11-7-8-14(21-11)12(2)19-16(20)15-13(5-3-9-17)6-4-10-18-15/h4,6-8,10,12H,9,17H2,1-2H3,(H,19,20). The molecule has 1 atom stereocenters. The number of hydrogen-bond acceptors (Lipinski definition) is 4. The Morgan fingerprint density at radius 1 is 1.48 bits per heavy atom. The average Bonchev–Trinajstić information content (AvgIpc) is 2.92. The lowest BCUT2D eigenvalue weighted by molar-refractivity contribution is 0.0935. The van der Waals surface area contributed by atoms with Gasteiger partial charge in [0.15, 0.2) is 0 Å². The molecule has 0 fully saturated rings. The van der Waals surface area contributed by atoms with Crippen LogP contribution < -0.4 is 11.1 Å². The Kier molecular flexibility index (Phi) is 5.09. The van der Waals surface area contributed by atoms with Gasteiger partial charge in [0.05, 0.1) is 18.2 Å². The minimum absolute atomic E-state index is 0.0616. The summed E-state index contributed by atoms with van der Waals surface area (Å²) in [5.41, 5.74) is 6.29. The number of carbonyl (C=O) groups is 1. The maximum Gasteiger partial charge on any atom is 0.271 e. The normalized spacial score (nSPS) is 11.4. The third-order valence-corrected chi connectivity index (χ3v) is 4.07. The maximum absolute atomic E-state index is 12.4. The summed E-state index contributed by atoms with van der Waals surface area (Å²) in [5, 5.41) is 2.95. The number of nitrogens with zero attached hydrogens (tertiary/aromatic N) is 1. The molecule has 0 aliphatic carbocycles. The maximum atomic E-state index is 12.4. The first-order chi connectivity index (χ1) is 10.1. The highest BCUT2D eigenvalue weighted by atomic mass is 32.1. The number of aromatic nitrogens is 1. The summed E-state index contributed by atoms with van der Waals surface area (Å²) in [5.74, 6) is 5.40. The second kappa shape index (κ2) is 7.02. The molecule has 4 nitrogen and oxygen atoms in total. The summed E-state index contributed by atoms with van der Waals surface area (Å²) in [6.07, 6.45) is 1.59. The molecule has 1 amide bonds. The number of carbonyl (C=O) groups excluding carboxylic acids is 1. The first-order valence-electron chi connectivity index (χ1n) is 6.63. The molecule has 108 valence electrons. The summed E-state index contributed by atoms with van der Waals surface area (Å²) in [6.45, 7) is 4.25. The number of aryl methyl sites for hydroxylation is 1. The molecule has 2 rings (SSSR count). The topological polar surface area (TPSA) is 68.0 Å². The van der Waals surface area contributed by atoms with E-state index in [0.29, 0.717) is 11.3 Å². The Balaban J connectivity index is 2.17. The lowest BCUT2D eigenvalue weighted by atomic mass is 10.1. The van der Waals surface area contributed by atoms with Crippen molar-refractivity contribution in [2.75, 3.05) is 6.54 Å². The van der Waals surface area contributed by atoms with E-state index in [4.69, 9.17) is 5.73 Å². The Morgan fingerprint density at radius 2 is 2.29 bits per heavy atom. The zero-order chi connectivity index (χ0) is 15.2. The molecule has 0 spiro atoms. The third-order valence-electron chi connectivity index (χ3n) is 2.88. The van der Waals surface area contributed by atoms with Crippen LogP contribution in [0.4, 0.5) is 0 Å². The van der Waals surface area contributed by atoms with Crippen LogP contribution in [0.3, 0.4) is 0 Å². The lowest BCUT2D eigenvalue weighted by Crippen LogP contribution is -2.27. The van der Waals surface area contributed by atoms with Crippen molar-refractivity contribution in [1.29, 1.82) is 0 Å². The Morgan fingerprint density at radius 3 is 2.95 bits per heavy atom. The minimum atomic E-state index is -0.226. The van der Waals surface area contributed by atoms with Crippen molar-refractivity contribution in [2.24, 2.45) is 5.73 Å². The first kappa shape index (κ1) is 15.2. The monoisotopic (exact) mass is 299 g/mol. The van der Waals surface area contributed by atoms with E-state index in [2.05, 4.69) is 22.1 Å². The number of rotatable bonds is 3. The summed E-state index contributed by atoms with van der Waals surface area (Å²) < 4.78 is 0. The molecule has 5 heteroatoms. The van der Waals surface area contributed by atoms with Gasteiger partial charge in [-0.15, -0.1) is 11.3 Å². The van der Waals surface area contributed by atoms with Crippen molar-refractivity contribution in [2.45, 2.75) is 19.9 Å². The van der Waals surface area contributed by atoms with Crippen LogP contribution >= 0.6 is 11.3 Å². The molecule has 0 aliphatic rings. The van der Waals surface area contributed by atoms with E-state index < -0.39 is 0 Å². The van der Waals surface area contributed by atoms with Crippen LogP contribution in [0.15, 0.2) is 30.5 Å². The van der Waals surface area contributed by atoms with E-state index in [1.165, 1.54) is 4.88 Å². The van der Waals surface area contributed by atoms with E-state index in [-0.39, 0.29) is 18.5 Å².